The molecule has 10 heteroatoms. The number of aromatic nitrogens is 1. The van der Waals surface area contributed by atoms with Crippen molar-refractivity contribution in [1.82, 2.24) is 10.3 Å². The molecular formula is C13H12F4N4OS. The Balaban J connectivity index is 2.02. The van der Waals surface area contributed by atoms with Crippen LogP contribution in [-0.4, -0.2) is 18.1 Å². The highest BCUT2D eigenvalue weighted by Gasteiger charge is 2.34. The summed E-state index contributed by atoms with van der Waals surface area (Å²) in [4.78, 5) is 15.8. The van der Waals surface area contributed by atoms with Gasteiger partial charge in [-0.05, 0) is 18.2 Å². The molecule has 0 atom stereocenters. The van der Waals surface area contributed by atoms with Crippen LogP contribution in [0.15, 0.2) is 23.6 Å². The summed E-state index contributed by atoms with van der Waals surface area (Å²) in [6.45, 7) is 0.0482. The van der Waals surface area contributed by atoms with Gasteiger partial charge in [0, 0.05) is 12.4 Å². The molecule has 0 unspecified atom stereocenters. The standard InChI is InChI=1S/C13H12F4N4OS/c1-18-12-20-8(6-23-12)5-19-11(22)21-10-3-2-7(14)4-9(10)13(15,16)17/h2-4,6H,5H2,1H3,(H,18,20)(H2,19,21,22). The van der Waals surface area contributed by atoms with E-state index in [1.165, 1.54) is 11.3 Å². The Labute approximate surface area is 132 Å². The fourth-order valence-electron chi connectivity index (χ4n) is 1.70. The summed E-state index contributed by atoms with van der Waals surface area (Å²) in [7, 11) is 1.69. The van der Waals surface area contributed by atoms with E-state index in [2.05, 4.69) is 20.9 Å². The second-order valence-corrected chi connectivity index (χ2v) is 5.25. The minimum atomic E-state index is -4.78. The van der Waals surface area contributed by atoms with Crippen LogP contribution >= 0.6 is 11.3 Å². The van der Waals surface area contributed by atoms with Gasteiger partial charge in [-0.15, -0.1) is 11.3 Å². The molecule has 1 aromatic carbocycles. The minimum absolute atomic E-state index is 0.0482. The van der Waals surface area contributed by atoms with Crippen LogP contribution in [0.25, 0.3) is 0 Å². The van der Waals surface area contributed by atoms with Gasteiger partial charge in [-0.1, -0.05) is 0 Å². The number of halogens is 4. The second-order valence-electron chi connectivity index (χ2n) is 4.39. The lowest BCUT2D eigenvalue weighted by molar-refractivity contribution is -0.137. The lowest BCUT2D eigenvalue weighted by Gasteiger charge is -2.14. The Morgan fingerprint density at radius 3 is 2.70 bits per heavy atom. The van der Waals surface area contributed by atoms with Crippen LogP contribution in [0.4, 0.5) is 33.2 Å². The van der Waals surface area contributed by atoms with E-state index < -0.39 is 29.3 Å². The third-order valence-electron chi connectivity index (χ3n) is 2.73. The monoisotopic (exact) mass is 348 g/mol. The highest BCUT2D eigenvalue weighted by molar-refractivity contribution is 7.13. The highest BCUT2D eigenvalue weighted by Crippen LogP contribution is 2.35. The van der Waals surface area contributed by atoms with Crippen molar-refractivity contribution in [3.8, 4) is 0 Å². The molecule has 0 saturated heterocycles. The Morgan fingerprint density at radius 1 is 1.35 bits per heavy atom. The molecule has 0 aliphatic rings. The average molecular weight is 348 g/mol. The van der Waals surface area contributed by atoms with E-state index in [0.717, 1.165) is 12.1 Å². The molecule has 0 aliphatic heterocycles. The maximum Gasteiger partial charge on any atom is 0.418 e. The van der Waals surface area contributed by atoms with Crippen molar-refractivity contribution in [1.29, 1.82) is 0 Å². The van der Waals surface area contributed by atoms with Gasteiger partial charge >= 0.3 is 12.2 Å². The Morgan fingerprint density at radius 2 is 2.09 bits per heavy atom. The number of benzene rings is 1. The number of hydrogen-bond donors (Lipinski definition) is 3. The summed E-state index contributed by atoms with van der Waals surface area (Å²) in [6.07, 6.45) is -4.78. The maximum atomic E-state index is 13.0. The number of rotatable bonds is 4. The van der Waals surface area contributed by atoms with E-state index in [1.54, 1.807) is 12.4 Å². The molecule has 0 saturated carbocycles. The molecule has 2 aromatic rings. The van der Waals surface area contributed by atoms with Gasteiger partial charge < -0.3 is 16.0 Å². The Hall–Kier alpha value is -2.36. The van der Waals surface area contributed by atoms with Gasteiger partial charge in [-0.3, -0.25) is 0 Å². The third kappa shape index (κ3) is 4.55. The smallest absolute Gasteiger partial charge is 0.365 e. The summed E-state index contributed by atoms with van der Waals surface area (Å²) in [5.74, 6) is -1.04. The van der Waals surface area contributed by atoms with Crippen molar-refractivity contribution in [2.75, 3.05) is 17.7 Å². The quantitative estimate of drug-likeness (QED) is 0.739. The lowest BCUT2D eigenvalue weighted by atomic mass is 10.1. The van der Waals surface area contributed by atoms with E-state index in [-0.39, 0.29) is 6.54 Å². The molecule has 23 heavy (non-hydrogen) atoms. The van der Waals surface area contributed by atoms with Gasteiger partial charge in [-0.25, -0.2) is 14.2 Å². The average Bonchev–Trinajstić information content (AvgIpc) is 2.94. The number of urea groups is 1. The number of anilines is 2. The number of thiazole rings is 1. The number of hydrogen-bond acceptors (Lipinski definition) is 4. The van der Waals surface area contributed by atoms with Crippen molar-refractivity contribution in [3.05, 3.63) is 40.7 Å². The van der Waals surface area contributed by atoms with Crippen molar-refractivity contribution >= 4 is 28.2 Å². The number of alkyl halides is 3. The number of carbonyl (C=O) groups excluding carboxylic acids is 1. The van der Waals surface area contributed by atoms with Crippen LogP contribution < -0.4 is 16.0 Å². The van der Waals surface area contributed by atoms with E-state index >= 15 is 0 Å². The normalized spacial score (nSPS) is 11.2. The van der Waals surface area contributed by atoms with Crippen molar-refractivity contribution in [3.63, 3.8) is 0 Å². The van der Waals surface area contributed by atoms with Gasteiger partial charge in [0.05, 0.1) is 23.5 Å². The van der Waals surface area contributed by atoms with Crippen LogP contribution in [-0.2, 0) is 12.7 Å². The fraction of sp³-hybridized carbons (Fsp3) is 0.231. The van der Waals surface area contributed by atoms with Crippen molar-refractivity contribution in [2.45, 2.75) is 12.7 Å². The van der Waals surface area contributed by atoms with Crippen LogP contribution in [0.1, 0.15) is 11.3 Å². The molecule has 2 amide bonds. The molecule has 124 valence electrons. The minimum Gasteiger partial charge on any atom is -0.365 e. The molecule has 0 radical (unpaired) electrons. The fourth-order valence-corrected chi connectivity index (χ4v) is 2.37. The van der Waals surface area contributed by atoms with Crippen LogP contribution in [0, 0.1) is 5.82 Å². The zero-order valence-corrected chi connectivity index (χ0v) is 12.6. The van der Waals surface area contributed by atoms with Gasteiger partial charge in [0.15, 0.2) is 5.13 Å². The first-order valence-corrected chi connectivity index (χ1v) is 7.21. The molecule has 0 aliphatic carbocycles. The Bertz CT molecular complexity index is 702. The molecule has 0 spiro atoms. The van der Waals surface area contributed by atoms with Gasteiger partial charge in [0.25, 0.3) is 0 Å². The summed E-state index contributed by atoms with van der Waals surface area (Å²) in [6, 6.07) is 1.18. The molecule has 0 bridgehead atoms. The first-order valence-electron chi connectivity index (χ1n) is 6.33. The van der Waals surface area contributed by atoms with Crippen molar-refractivity contribution < 1.29 is 22.4 Å². The van der Waals surface area contributed by atoms with Gasteiger partial charge in [0.2, 0.25) is 0 Å². The molecule has 1 aromatic heterocycles. The number of nitrogens with one attached hydrogen (secondary N) is 3. The topological polar surface area (TPSA) is 66.0 Å². The SMILES string of the molecule is CNc1nc(CNC(=O)Nc2ccc(F)cc2C(F)(F)F)cs1. The van der Waals surface area contributed by atoms with Gasteiger partial charge in [-0.2, -0.15) is 13.2 Å². The number of amides is 2. The first-order chi connectivity index (χ1) is 10.8. The predicted octanol–water partition coefficient (Wildman–Crippen LogP) is 3.66. The molecule has 3 N–H and O–H groups in total. The summed E-state index contributed by atoms with van der Waals surface area (Å²) in [5, 5.41) is 9.62. The van der Waals surface area contributed by atoms with E-state index in [4.69, 9.17) is 0 Å². The molecule has 1 heterocycles. The van der Waals surface area contributed by atoms with E-state index in [0.29, 0.717) is 16.9 Å². The molecule has 5 nitrogen and oxygen atoms in total. The van der Waals surface area contributed by atoms with Gasteiger partial charge in [0.1, 0.15) is 5.82 Å². The number of nitrogens with zero attached hydrogens (tertiary/aromatic N) is 1. The highest BCUT2D eigenvalue weighted by atomic mass is 32.1. The zero-order chi connectivity index (χ0) is 17.0. The van der Waals surface area contributed by atoms with Crippen LogP contribution in [0.5, 0.6) is 0 Å². The summed E-state index contributed by atoms with van der Waals surface area (Å²) in [5.41, 5.74) is -1.21. The first kappa shape index (κ1) is 17.0. The van der Waals surface area contributed by atoms with Crippen LogP contribution in [0.3, 0.4) is 0 Å². The van der Waals surface area contributed by atoms with E-state index in [1.807, 2.05) is 0 Å². The Kier molecular flexibility index (Phi) is 5.04. The molecule has 2 rings (SSSR count). The van der Waals surface area contributed by atoms with Crippen molar-refractivity contribution in [2.24, 2.45) is 0 Å². The second kappa shape index (κ2) is 6.82. The zero-order valence-electron chi connectivity index (χ0n) is 11.8. The third-order valence-corrected chi connectivity index (χ3v) is 3.64. The lowest BCUT2D eigenvalue weighted by Crippen LogP contribution is -2.29. The van der Waals surface area contributed by atoms with E-state index in [9.17, 15) is 22.4 Å². The largest absolute Gasteiger partial charge is 0.418 e. The summed E-state index contributed by atoms with van der Waals surface area (Å²) < 4.78 is 51.4. The molecule has 0 fully saturated rings. The van der Waals surface area contributed by atoms with Crippen LogP contribution in [0.2, 0.25) is 0 Å². The summed E-state index contributed by atoms with van der Waals surface area (Å²) >= 11 is 1.33. The number of carbonyl (C=O) groups is 1. The maximum absolute atomic E-state index is 13.0. The molecular weight excluding hydrogens is 336 g/mol. The predicted molar refractivity (Wildman–Crippen MR) is 78.9 cm³/mol.